The summed E-state index contributed by atoms with van der Waals surface area (Å²) in [7, 11) is 0. The van der Waals surface area contributed by atoms with Crippen LogP contribution in [0.3, 0.4) is 0 Å². The van der Waals surface area contributed by atoms with Crippen molar-refractivity contribution in [2.45, 2.75) is 64.2 Å². The van der Waals surface area contributed by atoms with Gasteiger partial charge in [-0.1, -0.05) is 37.3 Å². The van der Waals surface area contributed by atoms with Crippen LogP contribution < -0.4 is 0 Å². The average molecular weight is 450 g/mol. The number of fused-ring (bicyclic) bond motifs is 1. The minimum atomic E-state index is -0.392. The van der Waals surface area contributed by atoms with Crippen molar-refractivity contribution in [2.75, 3.05) is 0 Å². The first kappa shape index (κ1) is 21.6. The third-order valence-corrected chi connectivity index (χ3v) is 6.93. The lowest BCUT2D eigenvalue weighted by Gasteiger charge is -2.27. The molecule has 7 nitrogen and oxygen atoms in total. The van der Waals surface area contributed by atoms with Gasteiger partial charge in [-0.05, 0) is 43.9 Å². The topological polar surface area (TPSA) is 100 Å². The Morgan fingerprint density at radius 2 is 1.97 bits per heavy atom. The van der Waals surface area contributed by atoms with E-state index in [0.717, 1.165) is 25.7 Å². The van der Waals surface area contributed by atoms with Crippen molar-refractivity contribution in [1.29, 1.82) is 0 Å². The van der Waals surface area contributed by atoms with Gasteiger partial charge in [0.25, 0.3) is 0 Å². The van der Waals surface area contributed by atoms with E-state index in [9.17, 15) is 4.79 Å². The van der Waals surface area contributed by atoms with E-state index in [1.54, 1.807) is 25.3 Å². The minimum absolute atomic E-state index is 0.0140. The molecule has 3 aromatic heterocycles. The number of Topliss-reactive ketones (excluding diaryl/α,β-unsaturated/α-hetero) is 1. The van der Waals surface area contributed by atoms with Crippen LogP contribution in [0.4, 0.5) is 4.39 Å². The maximum atomic E-state index is 15.4. The van der Waals surface area contributed by atoms with E-state index >= 15 is 4.39 Å². The number of halogens is 1. The first-order chi connectivity index (χ1) is 16.1. The first-order valence-corrected chi connectivity index (χ1v) is 11.7. The average Bonchev–Trinajstić information content (AvgIpc) is 3.53. The molecule has 1 aliphatic rings. The Morgan fingerprint density at radius 1 is 1.18 bits per heavy atom. The molecule has 1 saturated carbocycles. The molecule has 1 unspecified atom stereocenters. The maximum absolute atomic E-state index is 15.4. The van der Waals surface area contributed by atoms with Crippen LogP contribution in [-0.4, -0.2) is 31.1 Å². The van der Waals surface area contributed by atoms with Gasteiger partial charge in [-0.25, -0.2) is 9.37 Å². The van der Waals surface area contributed by atoms with E-state index in [1.165, 1.54) is 25.5 Å². The zero-order valence-corrected chi connectivity index (χ0v) is 18.7. The van der Waals surface area contributed by atoms with E-state index in [0.29, 0.717) is 51.7 Å². The highest BCUT2D eigenvalue weighted by Gasteiger charge is 2.30. The zero-order valence-electron chi connectivity index (χ0n) is 18.7. The summed E-state index contributed by atoms with van der Waals surface area (Å²) in [5.74, 6) is 0.466. The Labute approximate surface area is 191 Å². The van der Waals surface area contributed by atoms with Crippen molar-refractivity contribution in [2.24, 2.45) is 5.92 Å². The molecule has 2 N–H and O–H groups in total. The summed E-state index contributed by atoms with van der Waals surface area (Å²) in [5, 5.41) is 10.6. The van der Waals surface area contributed by atoms with Gasteiger partial charge in [0.2, 0.25) is 0 Å². The number of hydrogen-bond acceptors (Lipinski definition) is 5. The lowest BCUT2D eigenvalue weighted by Crippen LogP contribution is -2.20. The second-order valence-electron chi connectivity index (χ2n) is 9.07. The molecule has 4 aromatic rings. The molecule has 3 heterocycles. The highest BCUT2D eigenvalue weighted by molar-refractivity contribution is 5.97. The number of hydrogen-bond donors (Lipinski definition) is 2. The summed E-state index contributed by atoms with van der Waals surface area (Å²) in [4.78, 5) is 21.2. The number of rotatable bonds is 6. The quantitative estimate of drug-likeness (QED) is 0.346. The second kappa shape index (κ2) is 9.29. The number of aryl methyl sites for hydroxylation is 1. The SMILES string of the molecule is Cc1nocc1C(=O)CC(c1nc2c(F)c(-c3ccn[nH]3)ccc2[nH]1)C1CCCCCCC1. The third-order valence-electron chi connectivity index (χ3n) is 6.93. The predicted octanol–water partition coefficient (Wildman–Crippen LogP) is 6.11. The van der Waals surface area contributed by atoms with Gasteiger partial charge in [0.05, 0.1) is 22.5 Å². The van der Waals surface area contributed by atoms with Gasteiger partial charge in [0.15, 0.2) is 11.6 Å². The Kier molecular flexibility index (Phi) is 6.07. The molecule has 1 atom stereocenters. The fourth-order valence-corrected chi connectivity index (χ4v) is 5.10. The maximum Gasteiger partial charge on any atom is 0.168 e. The summed E-state index contributed by atoms with van der Waals surface area (Å²) in [6.07, 6.45) is 11.4. The summed E-state index contributed by atoms with van der Waals surface area (Å²) in [6.45, 7) is 1.77. The standard InChI is InChI=1S/C25H28FN5O2/c1-15-19(14-33-31-15)22(32)13-18(16-7-5-3-2-4-6-8-16)25-28-21-10-9-17(20-11-12-27-30-20)23(26)24(21)29-25/h9-12,14,16,18H,2-8,13H2,1H3,(H,27,30)(H,28,29). The number of nitrogens with zero attached hydrogens (tertiary/aromatic N) is 3. The highest BCUT2D eigenvalue weighted by atomic mass is 19.1. The van der Waals surface area contributed by atoms with Crippen LogP contribution in [0, 0.1) is 18.7 Å². The number of aromatic amines is 2. The molecular weight excluding hydrogens is 421 g/mol. The molecule has 8 heteroatoms. The van der Waals surface area contributed by atoms with Crippen LogP contribution in [0.1, 0.15) is 79.2 Å². The van der Waals surface area contributed by atoms with Gasteiger partial charge in [0, 0.05) is 24.1 Å². The molecule has 1 fully saturated rings. The van der Waals surface area contributed by atoms with Crippen LogP contribution in [0.25, 0.3) is 22.3 Å². The second-order valence-corrected chi connectivity index (χ2v) is 9.07. The van der Waals surface area contributed by atoms with Gasteiger partial charge >= 0.3 is 0 Å². The number of carbonyl (C=O) groups is 1. The smallest absolute Gasteiger partial charge is 0.168 e. The summed E-state index contributed by atoms with van der Waals surface area (Å²) in [5.41, 5.74) is 3.06. The summed E-state index contributed by atoms with van der Waals surface area (Å²) < 4.78 is 20.4. The van der Waals surface area contributed by atoms with E-state index in [4.69, 9.17) is 9.51 Å². The number of benzene rings is 1. The molecule has 0 saturated heterocycles. The van der Waals surface area contributed by atoms with Gasteiger partial charge in [-0.15, -0.1) is 0 Å². The number of carbonyl (C=O) groups excluding carboxylic acids is 1. The minimum Gasteiger partial charge on any atom is -0.364 e. The number of nitrogens with one attached hydrogen (secondary N) is 2. The van der Waals surface area contributed by atoms with Crippen molar-refractivity contribution in [1.82, 2.24) is 25.3 Å². The Bertz CT molecular complexity index is 1240. The van der Waals surface area contributed by atoms with Crippen molar-refractivity contribution in [3.05, 3.63) is 53.6 Å². The number of aromatic nitrogens is 5. The molecular formula is C25H28FN5O2. The zero-order chi connectivity index (χ0) is 22.8. The molecule has 0 aliphatic heterocycles. The fourth-order valence-electron chi connectivity index (χ4n) is 5.10. The van der Waals surface area contributed by atoms with Gasteiger partial charge in [0.1, 0.15) is 17.6 Å². The Morgan fingerprint density at radius 3 is 2.67 bits per heavy atom. The lowest BCUT2D eigenvalue weighted by molar-refractivity contribution is 0.0956. The molecule has 172 valence electrons. The lowest BCUT2D eigenvalue weighted by atomic mass is 9.78. The van der Waals surface area contributed by atoms with Crippen LogP contribution in [0.15, 0.2) is 35.2 Å². The van der Waals surface area contributed by atoms with Gasteiger partial charge in [-0.2, -0.15) is 5.10 Å². The van der Waals surface area contributed by atoms with Crippen LogP contribution in [0.5, 0.6) is 0 Å². The molecule has 5 rings (SSSR count). The fraction of sp³-hybridized carbons (Fsp3) is 0.440. The molecule has 0 spiro atoms. The molecule has 33 heavy (non-hydrogen) atoms. The van der Waals surface area contributed by atoms with Gasteiger partial charge in [-0.3, -0.25) is 9.89 Å². The number of imidazole rings is 1. The third kappa shape index (κ3) is 4.34. The predicted molar refractivity (Wildman–Crippen MR) is 122 cm³/mol. The van der Waals surface area contributed by atoms with Crippen molar-refractivity contribution < 1.29 is 13.7 Å². The van der Waals surface area contributed by atoms with Crippen LogP contribution in [0.2, 0.25) is 0 Å². The van der Waals surface area contributed by atoms with Crippen molar-refractivity contribution in [3.63, 3.8) is 0 Å². The van der Waals surface area contributed by atoms with Gasteiger partial charge < -0.3 is 9.51 Å². The summed E-state index contributed by atoms with van der Waals surface area (Å²) >= 11 is 0. The normalized spacial score (nSPS) is 16.5. The van der Waals surface area contributed by atoms with Crippen molar-refractivity contribution >= 4 is 16.8 Å². The molecule has 1 aromatic carbocycles. The van der Waals surface area contributed by atoms with E-state index in [2.05, 4.69) is 20.3 Å². The largest absolute Gasteiger partial charge is 0.364 e. The van der Waals surface area contributed by atoms with E-state index in [-0.39, 0.29) is 11.7 Å². The van der Waals surface area contributed by atoms with E-state index in [1.807, 2.05) is 6.07 Å². The highest BCUT2D eigenvalue weighted by Crippen LogP contribution is 2.38. The Hall–Kier alpha value is -3.29. The number of H-pyrrole nitrogens is 2. The molecule has 1 aliphatic carbocycles. The molecule has 0 radical (unpaired) electrons. The van der Waals surface area contributed by atoms with Crippen LogP contribution >= 0.6 is 0 Å². The number of ketones is 1. The molecule has 0 bridgehead atoms. The van der Waals surface area contributed by atoms with E-state index < -0.39 is 5.82 Å². The van der Waals surface area contributed by atoms with Crippen LogP contribution in [-0.2, 0) is 0 Å². The summed E-state index contributed by atoms with van der Waals surface area (Å²) in [6, 6.07) is 5.30. The monoisotopic (exact) mass is 449 g/mol. The van der Waals surface area contributed by atoms with Crippen molar-refractivity contribution in [3.8, 4) is 11.3 Å². The molecule has 0 amide bonds. The first-order valence-electron chi connectivity index (χ1n) is 11.7. The Balaban J connectivity index is 1.52.